The van der Waals surface area contributed by atoms with Crippen LogP contribution in [0.5, 0.6) is 0 Å². The van der Waals surface area contributed by atoms with Gasteiger partial charge in [0.2, 0.25) is 0 Å². The first-order chi connectivity index (χ1) is 14.3. The van der Waals surface area contributed by atoms with Gasteiger partial charge in [0, 0.05) is 25.4 Å². The third kappa shape index (κ3) is 4.97. The van der Waals surface area contributed by atoms with Crippen LogP contribution in [0.25, 0.3) is 0 Å². The molecule has 0 spiro atoms. The first kappa shape index (κ1) is 19.1. The molecule has 0 aliphatic carbocycles. The molecule has 1 saturated heterocycles. The molecule has 6 nitrogen and oxygen atoms in total. The van der Waals surface area contributed by atoms with Gasteiger partial charge in [-0.05, 0) is 30.5 Å². The molecule has 1 N–H and O–H groups in total. The SMILES string of the molecule is O=C(NCC1CCCO1)c1cnc(N(Cc2ccccc2)c2ccccc2)cn1. The Balaban J connectivity index is 1.49. The molecule has 3 aromatic rings. The number of hydrogen-bond donors (Lipinski definition) is 1. The summed E-state index contributed by atoms with van der Waals surface area (Å²) >= 11 is 0. The minimum atomic E-state index is -0.228. The van der Waals surface area contributed by atoms with Crippen LogP contribution in [-0.4, -0.2) is 35.1 Å². The molecular formula is C23H24N4O2. The van der Waals surface area contributed by atoms with Crippen molar-refractivity contribution < 1.29 is 9.53 Å². The Bertz CT molecular complexity index is 911. The van der Waals surface area contributed by atoms with E-state index in [-0.39, 0.29) is 12.0 Å². The molecule has 4 rings (SSSR count). The highest BCUT2D eigenvalue weighted by Gasteiger charge is 2.18. The van der Waals surface area contributed by atoms with E-state index < -0.39 is 0 Å². The van der Waals surface area contributed by atoms with Crippen molar-refractivity contribution >= 4 is 17.4 Å². The summed E-state index contributed by atoms with van der Waals surface area (Å²) in [5, 5.41) is 2.88. The number of aromatic nitrogens is 2. The van der Waals surface area contributed by atoms with Crippen LogP contribution in [-0.2, 0) is 11.3 Å². The van der Waals surface area contributed by atoms with Gasteiger partial charge < -0.3 is 15.0 Å². The lowest BCUT2D eigenvalue weighted by Crippen LogP contribution is -2.32. The second-order valence-corrected chi connectivity index (χ2v) is 7.01. The fraction of sp³-hybridized carbons (Fsp3) is 0.261. The molecule has 2 heterocycles. The van der Waals surface area contributed by atoms with Crippen molar-refractivity contribution in [1.82, 2.24) is 15.3 Å². The molecule has 1 aromatic heterocycles. The summed E-state index contributed by atoms with van der Waals surface area (Å²) in [7, 11) is 0. The van der Waals surface area contributed by atoms with Gasteiger partial charge in [0.1, 0.15) is 5.69 Å². The van der Waals surface area contributed by atoms with E-state index in [1.165, 1.54) is 6.20 Å². The maximum atomic E-state index is 12.4. The van der Waals surface area contributed by atoms with Gasteiger partial charge in [-0.25, -0.2) is 9.97 Å². The predicted molar refractivity (Wildman–Crippen MR) is 112 cm³/mol. The van der Waals surface area contributed by atoms with Crippen LogP contribution in [0.4, 0.5) is 11.5 Å². The number of rotatable bonds is 7. The molecule has 148 valence electrons. The van der Waals surface area contributed by atoms with E-state index in [1.54, 1.807) is 6.20 Å². The Hall–Kier alpha value is -3.25. The average Bonchev–Trinajstić information content (AvgIpc) is 3.31. The molecule has 0 saturated carbocycles. The number of amides is 1. The van der Waals surface area contributed by atoms with E-state index in [2.05, 4.69) is 32.3 Å². The van der Waals surface area contributed by atoms with E-state index >= 15 is 0 Å². The van der Waals surface area contributed by atoms with Crippen LogP contribution >= 0.6 is 0 Å². The average molecular weight is 388 g/mol. The maximum Gasteiger partial charge on any atom is 0.271 e. The number of anilines is 2. The van der Waals surface area contributed by atoms with Crippen molar-refractivity contribution in [2.24, 2.45) is 0 Å². The second-order valence-electron chi connectivity index (χ2n) is 7.01. The van der Waals surface area contributed by atoms with E-state index in [4.69, 9.17) is 4.74 Å². The number of carbonyl (C=O) groups is 1. The summed E-state index contributed by atoms with van der Waals surface area (Å²) in [4.78, 5) is 23.3. The van der Waals surface area contributed by atoms with Crippen LogP contribution in [0.1, 0.15) is 28.9 Å². The lowest BCUT2D eigenvalue weighted by atomic mass is 10.2. The maximum absolute atomic E-state index is 12.4. The Morgan fingerprint density at radius 1 is 1.03 bits per heavy atom. The largest absolute Gasteiger partial charge is 0.376 e. The number of nitrogens with zero attached hydrogens (tertiary/aromatic N) is 3. The molecule has 1 amide bonds. The zero-order valence-corrected chi connectivity index (χ0v) is 16.2. The van der Waals surface area contributed by atoms with Crippen LogP contribution in [0.15, 0.2) is 73.1 Å². The molecule has 1 unspecified atom stereocenters. The van der Waals surface area contributed by atoms with Crippen molar-refractivity contribution in [2.75, 3.05) is 18.1 Å². The van der Waals surface area contributed by atoms with E-state index in [1.807, 2.05) is 48.5 Å². The Morgan fingerprint density at radius 2 is 1.79 bits per heavy atom. The van der Waals surface area contributed by atoms with Crippen LogP contribution < -0.4 is 10.2 Å². The predicted octanol–water partition coefficient (Wildman–Crippen LogP) is 3.72. The van der Waals surface area contributed by atoms with Gasteiger partial charge >= 0.3 is 0 Å². The van der Waals surface area contributed by atoms with Gasteiger partial charge in [0.15, 0.2) is 5.82 Å². The third-order valence-electron chi connectivity index (χ3n) is 4.91. The summed E-state index contributed by atoms with van der Waals surface area (Å²) in [6, 6.07) is 20.2. The number of benzene rings is 2. The van der Waals surface area contributed by atoms with Gasteiger partial charge in [-0.15, -0.1) is 0 Å². The fourth-order valence-electron chi connectivity index (χ4n) is 3.36. The molecular weight excluding hydrogens is 364 g/mol. The van der Waals surface area contributed by atoms with Gasteiger partial charge in [0.05, 0.1) is 18.5 Å². The molecule has 1 fully saturated rings. The monoisotopic (exact) mass is 388 g/mol. The minimum Gasteiger partial charge on any atom is -0.376 e. The van der Waals surface area contributed by atoms with Crippen molar-refractivity contribution in [2.45, 2.75) is 25.5 Å². The van der Waals surface area contributed by atoms with E-state index in [9.17, 15) is 4.79 Å². The molecule has 1 aliphatic rings. The first-order valence-corrected chi connectivity index (χ1v) is 9.88. The molecule has 29 heavy (non-hydrogen) atoms. The van der Waals surface area contributed by atoms with Crippen LogP contribution in [0.2, 0.25) is 0 Å². The van der Waals surface area contributed by atoms with Crippen molar-refractivity contribution in [3.63, 3.8) is 0 Å². The number of para-hydroxylation sites is 1. The summed E-state index contributed by atoms with van der Waals surface area (Å²) < 4.78 is 5.54. The minimum absolute atomic E-state index is 0.102. The number of carbonyl (C=O) groups excluding carboxylic acids is 1. The standard InChI is InChI=1S/C23H24N4O2/c28-23(26-14-20-12-7-13-29-20)21-15-25-22(16-24-21)27(19-10-5-2-6-11-19)17-18-8-3-1-4-9-18/h1-6,8-11,15-16,20H,7,12-14,17H2,(H,26,28). The lowest BCUT2D eigenvalue weighted by molar-refractivity contribution is 0.0853. The number of ether oxygens (including phenoxy) is 1. The molecule has 6 heteroatoms. The highest BCUT2D eigenvalue weighted by molar-refractivity contribution is 5.92. The van der Waals surface area contributed by atoms with Crippen molar-refractivity contribution in [3.8, 4) is 0 Å². The van der Waals surface area contributed by atoms with Crippen molar-refractivity contribution in [3.05, 3.63) is 84.3 Å². The Morgan fingerprint density at radius 3 is 2.45 bits per heavy atom. The highest BCUT2D eigenvalue weighted by atomic mass is 16.5. The second kappa shape index (κ2) is 9.30. The van der Waals surface area contributed by atoms with Crippen LogP contribution in [0, 0.1) is 0 Å². The fourth-order valence-corrected chi connectivity index (χ4v) is 3.36. The topological polar surface area (TPSA) is 67.3 Å². The lowest BCUT2D eigenvalue weighted by Gasteiger charge is -2.24. The highest BCUT2D eigenvalue weighted by Crippen LogP contribution is 2.25. The van der Waals surface area contributed by atoms with Gasteiger partial charge in [-0.3, -0.25) is 4.79 Å². The zero-order chi connectivity index (χ0) is 19.9. The third-order valence-corrected chi connectivity index (χ3v) is 4.91. The van der Waals surface area contributed by atoms with Gasteiger partial charge in [-0.1, -0.05) is 48.5 Å². The Kier molecular flexibility index (Phi) is 6.12. The quantitative estimate of drug-likeness (QED) is 0.668. The van der Waals surface area contributed by atoms with E-state index in [0.29, 0.717) is 24.6 Å². The summed E-state index contributed by atoms with van der Waals surface area (Å²) in [5.41, 5.74) is 2.48. The van der Waals surface area contributed by atoms with Crippen LogP contribution in [0.3, 0.4) is 0 Å². The first-order valence-electron chi connectivity index (χ1n) is 9.88. The summed E-state index contributed by atoms with van der Waals surface area (Å²) in [5.74, 6) is 0.463. The van der Waals surface area contributed by atoms with Crippen molar-refractivity contribution in [1.29, 1.82) is 0 Å². The molecule has 1 atom stereocenters. The Labute approximate surface area is 170 Å². The zero-order valence-electron chi connectivity index (χ0n) is 16.2. The smallest absolute Gasteiger partial charge is 0.271 e. The normalized spacial score (nSPS) is 15.8. The summed E-state index contributed by atoms with van der Waals surface area (Å²) in [6.45, 7) is 1.93. The van der Waals surface area contributed by atoms with E-state index in [0.717, 1.165) is 30.7 Å². The molecule has 2 aromatic carbocycles. The van der Waals surface area contributed by atoms with Gasteiger partial charge in [-0.2, -0.15) is 0 Å². The number of nitrogens with one attached hydrogen (secondary N) is 1. The number of hydrogen-bond acceptors (Lipinski definition) is 5. The molecule has 0 bridgehead atoms. The molecule has 1 aliphatic heterocycles. The molecule has 0 radical (unpaired) electrons. The summed E-state index contributed by atoms with van der Waals surface area (Å²) in [6.07, 6.45) is 5.31. The van der Waals surface area contributed by atoms with Gasteiger partial charge in [0.25, 0.3) is 5.91 Å².